The molecule has 0 rings (SSSR count). The molecule has 0 saturated heterocycles. The van der Waals surface area contributed by atoms with Crippen LogP contribution in [0.1, 0.15) is 6.42 Å². The van der Waals surface area contributed by atoms with E-state index in [-0.39, 0.29) is 6.61 Å². The highest BCUT2D eigenvalue weighted by Gasteiger charge is 2.32. The Balaban J connectivity index is 3.51. The maximum Gasteiger partial charge on any atom is 0.394 e. The third-order valence-corrected chi connectivity index (χ3v) is 0.787. The first kappa shape index (κ1) is 10.4. The molecule has 11 heavy (non-hydrogen) atoms. The van der Waals surface area contributed by atoms with E-state index in [4.69, 9.17) is 0 Å². The molecule has 0 spiro atoms. The van der Waals surface area contributed by atoms with Crippen LogP contribution in [0.15, 0.2) is 12.7 Å². The third-order valence-electron chi connectivity index (χ3n) is 0.787. The van der Waals surface area contributed by atoms with E-state index in [1.54, 1.807) is 0 Å². The Morgan fingerprint density at radius 3 is 2.36 bits per heavy atom. The summed E-state index contributed by atoms with van der Waals surface area (Å²) in [6.45, 7) is 2.95. The molecule has 0 aliphatic heterocycles. The molecule has 1 unspecified atom stereocenters. The molecule has 5 heteroatoms. The number of hydrogen-bond donors (Lipinski definition) is 0. The fourth-order valence-electron chi connectivity index (χ4n) is 0.413. The summed E-state index contributed by atoms with van der Waals surface area (Å²) in [5.74, 6) is 0. The topological polar surface area (TPSA) is 9.23 Å². The van der Waals surface area contributed by atoms with E-state index in [0.29, 0.717) is 0 Å². The van der Waals surface area contributed by atoms with E-state index >= 15 is 0 Å². The second-order valence-corrected chi connectivity index (χ2v) is 1.85. The summed E-state index contributed by atoms with van der Waals surface area (Å²) in [6, 6.07) is 0. The molecule has 0 aromatic heterocycles. The second kappa shape index (κ2) is 4.33. The maximum absolute atomic E-state index is 12.1. The Bertz CT molecular complexity index is 120. The van der Waals surface area contributed by atoms with Crippen molar-refractivity contribution in [2.75, 3.05) is 6.61 Å². The number of hydrogen-bond acceptors (Lipinski definition) is 1. The van der Waals surface area contributed by atoms with Crippen LogP contribution in [0.3, 0.4) is 0 Å². The second-order valence-electron chi connectivity index (χ2n) is 1.85. The molecule has 0 aliphatic carbocycles. The van der Waals surface area contributed by atoms with Crippen LogP contribution in [0, 0.1) is 0 Å². The minimum atomic E-state index is -4.51. The molecule has 66 valence electrons. The van der Waals surface area contributed by atoms with Crippen LogP contribution < -0.4 is 0 Å². The molecular weight excluding hydrogens is 164 g/mol. The van der Waals surface area contributed by atoms with E-state index in [2.05, 4.69) is 11.3 Å². The summed E-state index contributed by atoms with van der Waals surface area (Å²) in [4.78, 5) is 0. The Hall–Kier alpha value is -0.580. The lowest BCUT2D eigenvalue weighted by Gasteiger charge is -2.10. The van der Waals surface area contributed by atoms with Gasteiger partial charge in [0.1, 0.15) is 0 Å². The highest BCUT2D eigenvalue weighted by atomic mass is 19.4. The molecule has 0 amide bonds. The average Bonchev–Trinajstić information content (AvgIpc) is 1.79. The maximum atomic E-state index is 12.1. The Morgan fingerprint density at radius 2 is 2.00 bits per heavy atom. The van der Waals surface area contributed by atoms with Gasteiger partial charge >= 0.3 is 6.18 Å². The van der Waals surface area contributed by atoms with Gasteiger partial charge in [-0.05, 0) is 0 Å². The molecule has 0 aromatic rings. The molecule has 0 aromatic carbocycles. The van der Waals surface area contributed by atoms with Gasteiger partial charge in [-0.3, -0.25) is 0 Å². The van der Waals surface area contributed by atoms with Crippen molar-refractivity contribution in [3.63, 3.8) is 0 Å². The van der Waals surface area contributed by atoms with Gasteiger partial charge in [-0.25, -0.2) is 4.39 Å². The zero-order chi connectivity index (χ0) is 8.91. The van der Waals surface area contributed by atoms with E-state index < -0.39 is 19.0 Å². The summed E-state index contributed by atoms with van der Waals surface area (Å²) in [7, 11) is 0. The van der Waals surface area contributed by atoms with Gasteiger partial charge in [0.15, 0.2) is 0 Å². The van der Waals surface area contributed by atoms with Gasteiger partial charge in [-0.2, -0.15) is 13.2 Å². The van der Waals surface area contributed by atoms with Crippen LogP contribution >= 0.6 is 0 Å². The highest BCUT2D eigenvalue weighted by molar-refractivity contribution is 4.65. The number of alkyl halides is 4. The first-order chi connectivity index (χ1) is 4.95. The van der Waals surface area contributed by atoms with Crippen molar-refractivity contribution in [1.82, 2.24) is 0 Å². The molecule has 0 radical (unpaired) electrons. The van der Waals surface area contributed by atoms with Gasteiger partial charge in [0.05, 0.1) is 13.0 Å². The van der Waals surface area contributed by atoms with Crippen LogP contribution in [0.4, 0.5) is 17.6 Å². The van der Waals surface area contributed by atoms with Crippen molar-refractivity contribution in [3.05, 3.63) is 12.7 Å². The standard InChI is InChI=1S/C6H8F4O/c1-2-3-11-5(7)4-6(8,9)10/h2,5H,1,3-4H2. The first-order valence-corrected chi connectivity index (χ1v) is 2.89. The molecule has 0 aliphatic rings. The van der Waals surface area contributed by atoms with E-state index in [9.17, 15) is 17.6 Å². The Morgan fingerprint density at radius 1 is 1.45 bits per heavy atom. The smallest absolute Gasteiger partial charge is 0.344 e. The van der Waals surface area contributed by atoms with Gasteiger partial charge in [-0.15, -0.1) is 6.58 Å². The van der Waals surface area contributed by atoms with Crippen molar-refractivity contribution in [3.8, 4) is 0 Å². The number of halogens is 4. The van der Waals surface area contributed by atoms with Crippen molar-refractivity contribution < 1.29 is 22.3 Å². The summed E-state index contributed by atoms with van der Waals surface area (Å²) in [5.41, 5.74) is 0. The number of ether oxygens (including phenoxy) is 1. The van der Waals surface area contributed by atoms with Crippen LogP contribution in [-0.4, -0.2) is 19.1 Å². The predicted molar refractivity (Wildman–Crippen MR) is 31.7 cm³/mol. The SMILES string of the molecule is C=CCOC(F)CC(F)(F)F. The molecule has 0 saturated carbocycles. The first-order valence-electron chi connectivity index (χ1n) is 2.89. The third kappa shape index (κ3) is 7.32. The summed E-state index contributed by atoms with van der Waals surface area (Å²) >= 11 is 0. The number of rotatable bonds is 4. The van der Waals surface area contributed by atoms with Gasteiger partial charge in [-0.1, -0.05) is 6.08 Å². The largest absolute Gasteiger partial charge is 0.394 e. The minimum absolute atomic E-state index is 0.211. The molecular formula is C6H8F4O. The monoisotopic (exact) mass is 172 g/mol. The van der Waals surface area contributed by atoms with E-state index in [1.807, 2.05) is 0 Å². The lowest BCUT2D eigenvalue weighted by atomic mass is 10.4. The molecule has 0 N–H and O–H groups in total. The van der Waals surface area contributed by atoms with E-state index in [0.717, 1.165) is 0 Å². The van der Waals surface area contributed by atoms with E-state index in [1.165, 1.54) is 6.08 Å². The van der Waals surface area contributed by atoms with Crippen molar-refractivity contribution in [2.24, 2.45) is 0 Å². The van der Waals surface area contributed by atoms with Gasteiger partial charge < -0.3 is 4.74 Å². The summed E-state index contributed by atoms with van der Waals surface area (Å²) in [6.07, 6.45) is -7.18. The van der Waals surface area contributed by atoms with Crippen molar-refractivity contribution in [2.45, 2.75) is 19.0 Å². The molecule has 1 atom stereocenters. The fraction of sp³-hybridized carbons (Fsp3) is 0.667. The Kier molecular flexibility index (Phi) is 4.10. The average molecular weight is 172 g/mol. The highest BCUT2D eigenvalue weighted by Crippen LogP contribution is 2.23. The quantitative estimate of drug-likeness (QED) is 0.467. The fourth-order valence-corrected chi connectivity index (χ4v) is 0.413. The van der Waals surface area contributed by atoms with Gasteiger partial charge in [0.25, 0.3) is 0 Å². The Labute approximate surface area is 61.7 Å². The zero-order valence-corrected chi connectivity index (χ0v) is 5.70. The molecule has 1 nitrogen and oxygen atoms in total. The van der Waals surface area contributed by atoms with Crippen molar-refractivity contribution >= 4 is 0 Å². The lowest BCUT2D eigenvalue weighted by molar-refractivity contribution is -0.180. The van der Waals surface area contributed by atoms with Crippen LogP contribution in [0.25, 0.3) is 0 Å². The summed E-state index contributed by atoms with van der Waals surface area (Å²) in [5, 5.41) is 0. The minimum Gasteiger partial charge on any atom is -0.344 e. The van der Waals surface area contributed by atoms with Crippen LogP contribution in [-0.2, 0) is 4.74 Å². The molecule has 0 bridgehead atoms. The van der Waals surface area contributed by atoms with Gasteiger partial charge in [0.2, 0.25) is 6.36 Å². The summed E-state index contributed by atoms with van der Waals surface area (Å²) < 4.78 is 50.3. The van der Waals surface area contributed by atoms with Crippen LogP contribution in [0.2, 0.25) is 0 Å². The molecule has 0 fully saturated rings. The van der Waals surface area contributed by atoms with Gasteiger partial charge in [0, 0.05) is 0 Å². The normalized spacial score (nSPS) is 14.5. The zero-order valence-electron chi connectivity index (χ0n) is 5.70. The molecule has 0 heterocycles. The predicted octanol–water partition coefficient (Wildman–Crippen LogP) is 2.44. The lowest BCUT2D eigenvalue weighted by Crippen LogP contribution is -2.18. The van der Waals surface area contributed by atoms with Crippen molar-refractivity contribution in [1.29, 1.82) is 0 Å². The van der Waals surface area contributed by atoms with Crippen LogP contribution in [0.5, 0.6) is 0 Å².